The molecule has 130 valence electrons. The van der Waals surface area contributed by atoms with E-state index < -0.39 is 11.6 Å². The van der Waals surface area contributed by atoms with Crippen molar-refractivity contribution >= 4 is 11.8 Å². The van der Waals surface area contributed by atoms with Gasteiger partial charge in [0.05, 0.1) is 5.87 Å². The summed E-state index contributed by atoms with van der Waals surface area (Å²) in [5.41, 5.74) is 10.6. The van der Waals surface area contributed by atoms with Crippen LogP contribution in [-0.2, 0) is 15.2 Å². The Bertz CT molecular complexity index is 952. The number of nitrogens with zero attached hydrogens (tertiary/aromatic N) is 1. The number of hydrogen-bond acceptors (Lipinski definition) is 4. The molecule has 4 heteroatoms. The molecule has 0 bridgehead atoms. The molecular weight excluding hydrogens is 314 g/mol. The highest BCUT2D eigenvalue weighted by molar-refractivity contribution is 5.85. The maximum Gasteiger partial charge on any atom is 0.376 e. The maximum atomic E-state index is 12.5. The van der Waals surface area contributed by atoms with Gasteiger partial charge in [0, 0.05) is 18.6 Å². The van der Waals surface area contributed by atoms with Crippen molar-refractivity contribution in [2.24, 2.45) is 5.16 Å². The van der Waals surface area contributed by atoms with Gasteiger partial charge >= 0.3 is 5.97 Å². The third-order valence-corrected chi connectivity index (χ3v) is 3.18. The van der Waals surface area contributed by atoms with Crippen LogP contribution < -0.4 is 0 Å². The fourth-order valence-electron chi connectivity index (χ4n) is 2.05. The van der Waals surface area contributed by atoms with Crippen LogP contribution in [-0.4, -0.2) is 16.9 Å². The zero-order chi connectivity index (χ0) is 18.0. The quantitative estimate of drug-likeness (QED) is 0.393. The van der Waals surface area contributed by atoms with E-state index in [9.17, 15) is 9.90 Å². The van der Waals surface area contributed by atoms with Crippen LogP contribution in [0.4, 0.5) is 0 Å². The molecule has 4 nitrogen and oxygen atoms in total. The summed E-state index contributed by atoms with van der Waals surface area (Å²) in [6.45, 7) is 3.30. The van der Waals surface area contributed by atoms with Gasteiger partial charge in [-0.05, 0) is 34.3 Å². The molecule has 2 rings (SSSR count). The van der Waals surface area contributed by atoms with Crippen molar-refractivity contribution in [1.29, 1.82) is 0 Å². The first-order valence-electron chi connectivity index (χ1n) is 7.21. The lowest BCUT2D eigenvalue weighted by molar-refractivity contribution is -0.162. The van der Waals surface area contributed by atoms with Gasteiger partial charge in [-0.2, -0.15) is 0 Å². The Morgan fingerprint density at radius 1 is 0.960 bits per heavy atom. The molecule has 0 spiro atoms. The zero-order valence-electron chi connectivity index (χ0n) is 13.2. The van der Waals surface area contributed by atoms with Crippen LogP contribution in [0.15, 0.2) is 101 Å². The zero-order valence-corrected chi connectivity index (χ0v) is 13.2. The van der Waals surface area contributed by atoms with Crippen LogP contribution in [0.5, 0.6) is 0 Å². The van der Waals surface area contributed by atoms with Crippen molar-refractivity contribution in [2.45, 2.75) is 5.60 Å². The Hall–Kier alpha value is -3.78. The lowest BCUT2D eigenvalue weighted by Crippen LogP contribution is -2.37. The molecule has 0 saturated heterocycles. The lowest BCUT2D eigenvalue weighted by atomic mass is 9.86. The molecule has 0 aliphatic carbocycles. The molecule has 2 aromatic carbocycles. The highest BCUT2D eigenvalue weighted by Gasteiger charge is 2.42. The molecule has 0 amide bonds. The molecule has 0 aliphatic heterocycles. The molecule has 0 fully saturated rings. The van der Waals surface area contributed by atoms with E-state index in [0.717, 1.165) is 0 Å². The molecule has 0 aliphatic rings. The predicted molar refractivity (Wildman–Crippen MR) is 103 cm³/mol. The topological polar surface area (TPSA) is 58.9 Å². The Kier molecular flexibility index (Phi) is 6.15. The van der Waals surface area contributed by atoms with Crippen LogP contribution in [0.1, 0.15) is 18.3 Å². The van der Waals surface area contributed by atoms with E-state index >= 15 is 0 Å². The predicted octanol–water partition coefficient (Wildman–Crippen LogP) is 4.24. The second kappa shape index (κ2) is 8.75. The second-order valence-electron chi connectivity index (χ2n) is 4.70. The van der Waals surface area contributed by atoms with E-state index in [1.165, 1.54) is 0 Å². The summed E-state index contributed by atoms with van der Waals surface area (Å²) in [5, 5.41) is 14.4. The normalized spacial score (nSPS) is 9.16. The van der Waals surface area contributed by atoms with E-state index in [-0.39, 0.29) is 7.13 Å². The minimum Gasteiger partial charge on any atom is -0.370 e. The Balaban J connectivity index is -0.000000676. The van der Waals surface area contributed by atoms with E-state index in [0.29, 0.717) is 11.1 Å². The van der Waals surface area contributed by atoms with E-state index in [2.05, 4.69) is 46.3 Å². The molecule has 0 radical (unpaired) electrons. The third kappa shape index (κ3) is 4.36. The highest BCUT2D eigenvalue weighted by atomic mass is 16.7. The molecule has 25 heavy (non-hydrogen) atoms. The van der Waals surface area contributed by atoms with Crippen LogP contribution in [0.25, 0.3) is 0 Å². The summed E-state index contributed by atoms with van der Waals surface area (Å²) in [6, 6.07) is 16.9. The SMILES string of the molecule is C=C=C=C=C=C=C=NOC(=O)C(O)(c1ccccc1)c1ccccc1.[HH].[HH].[HH].[HH].[HH]. The van der Waals surface area contributed by atoms with Crippen LogP contribution in [0.2, 0.25) is 0 Å². The summed E-state index contributed by atoms with van der Waals surface area (Å²) in [7, 11) is 0. The Labute approximate surface area is 152 Å². The van der Waals surface area contributed by atoms with Crippen molar-refractivity contribution in [3.63, 3.8) is 0 Å². The monoisotopic (exact) mass is 337 g/mol. The molecular formula is C21H23NO3. The molecule has 0 aromatic heterocycles. The smallest absolute Gasteiger partial charge is 0.370 e. The van der Waals surface area contributed by atoms with Crippen LogP contribution in [0.3, 0.4) is 0 Å². The van der Waals surface area contributed by atoms with Gasteiger partial charge in [0.2, 0.25) is 5.60 Å². The molecule has 1 N–H and O–H groups in total. The number of hydrogen-bond donors (Lipinski definition) is 1. The van der Waals surface area contributed by atoms with E-state index in [4.69, 9.17) is 4.84 Å². The molecule has 2 aromatic rings. The average molecular weight is 337 g/mol. The van der Waals surface area contributed by atoms with Crippen molar-refractivity contribution in [3.8, 4) is 0 Å². The van der Waals surface area contributed by atoms with Crippen LogP contribution in [0, 0.1) is 0 Å². The Morgan fingerprint density at radius 3 is 2.00 bits per heavy atom. The summed E-state index contributed by atoms with van der Waals surface area (Å²) in [6.07, 6.45) is 0. The van der Waals surface area contributed by atoms with Gasteiger partial charge in [0.25, 0.3) is 0 Å². The largest absolute Gasteiger partial charge is 0.376 e. The summed E-state index contributed by atoms with van der Waals surface area (Å²) >= 11 is 0. The van der Waals surface area contributed by atoms with E-state index in [1.54, 1.807) is 60.7 Å². The van der Waals surface area contributed by atoms with Gasteiger partial charge in [0.1, 0.15) is 0 Å². The number of carbonyl (C=O) groups is 1. The minimum absolute atomic E-state index is 0. The first-order valence-corrected chi connectivity index (χ1v) is 7.21. The van der Waals surface area contributed by atoms with Crippen molar-refractivity contribution in [1.82, 2.24) is 0 Å². The second-order valence-corrected chi connectivity index (χ2v) is 4.70. The maximum absolute atomic E-state index is 12.5. The number of carbonyl (C=O) groups excluding carboxylic acids is 1. The van der Waals surface area contributed by atoms with Gasteiger partial charge in [-0.15, -0.1) is 0 Å². The summed E-state index contributed by atoms with van der Waals surface area (Å²) in [4.78, 5) is 17.3. The third-order valence-electron chi connectivity index (χ3n) is 3.18. The van der Waals surface area contributed by atoms with Crippen molar-refractivity contribution in [3.05, 3.63) is 107 Å². The molecule has 0 atom stereocenters. The van der Waals surface area contributed by atoms with Gasteiger partial charge < -0.3 is 9.94 Å². The number of rotatable bonds is 4. The summed E-state index contributed by atoms with van der Waals surface area (Å²) < 4.78 is 0. The van der Waals surface area contributed by atoms with Gasteiger partial charge in [0.15, 0.2) is 0 Å². The fourth-order valence-corrected chi connectivity index (χ4v) is 2.05. The molecule has 0 saturated carbocycles. The highest BCUT2D eigenvalue weighted by Crippen LogP contribution is 2.30. The van der Waals surface area contributed by atoms with Crippen LogP contribution >= 0.6 is 0 Å². The fraction of sp³-hybridized carbons (Fsp3) is 0.0476. The first-order chi connectivity index (χ1) is 12.2. The van der Waals surface area contributed by atoms with Crippen molar-refractivity contribution < 1.29 is 21.9 Å². The molecule has 0 heterocycles. The van der Waals surface area contributed by atoms with Gasteiger partial charge in [-0.1, -0.05) is 66.4 Å². The van der Waals surface area contributed by atoms with Crippen molar-refractivity contribution in [2.75, 3.05) is 0 Å². The van der Waals surface area contributed by atoms with Gasteiger partial charge in [-0.25, -0.2) is 4.79 Å². The summed E-state index contributed by atoms with van der Waals surface area (Å²) in [5.74, 6) is 1.24. The van der Waals surface area contributed by atoms with Gasteiger partial charge in [-0.3, -0.25) is 0 Å². The molecule has 0 unspecified atom stereocenters. The lowest BCUT2D eigenvalue weighted by Gasteiger charge is -2.25. The Morgan fingerprint density at radius 2 is 1.48 bits per heavy atom. The average Bonchev–Trinajstić information content (AvgIpc) is 2.67. The van der Waals surface area contributed by atoms with E-state index in [1.807, 2.05) is 0 Å². The number of aliphatic hydroxyl groups is 1. The number of benzene rings is 2. The standard InChI is InChI=1S/C21H13NO3.5H2/c1-2-3-4-5-12-17-22-25-20(23)21(24,18-13-8-6-9-14-18)19-15-10-7-11-16-19;;;;;/h6-11,13-16,24H,1H2;5*1H. The first kappa shape index (κ1) is 17.6. The minimum atomic E-state index is -2.00.